The standard InChI is InChI=1S/C20H26N2O3S/c1-13(2)18-11-16(12-19(14(3)4)20(18)23)21-15(5)22-26(24,25)17-9-7-6-8-10-17/h6-14,23H,1-5H3,(H,21,22). The highest BCUT2D eigenvalue weighted by Gasteiger charge is 2.16. The van der Waals surface area contributed by atoms with Crippen LogP contribution in [0, 0.1) is 0 Å². The minimum absolute atomic E-state index is 0.138. The number of nitrogens with zero attached hydrogens (tertiary/aromatic N) is 1. The lowest BCUT2D eigenvalue weighted by Gasteiger charge is -2.18. The Bertz CT molecular complexity index is 873. The fourth-order valence-corrected chi connectivity index (χ4v) is 3.70. The summed E-state index contributed by atoms with van der Waals surface area (Å²) in [5.41, 5.74) is 2.34. The molecular formula is C20H26N2O3S. The van der Waals surface area contributed by atoms with Gasteiger partial charge in [-0.05, 0) is 54.2 Å². The SMILES string of the molecule is CC(=NS(=O)(=O)c1ccccc1)Nc1cc(C(C)C)c(O)c(C(C)C)c1. The number of amidine groups is 1. The molecule has 0 aliphatic carbocycles. The number of benzene rings is 2. The van der Waals surface area contributed by atoms with Gasteiger partial charge in [0.15, 0.2) is 0 Å². The van der Waals surface area contributed by atoms with Crippen LogP contribution in [-0.2, 0) is 10.0 Å². The van der Waals surface area contributed by atoms with E-state index in [1.807, 2.05) is 39.8 Å². The van der Waals surface area contributed by atoms with Gasteiger partial charge in [-0.15, -0.1) is 4.40 Å². The molecule has 0 saturated heterocycles. The van der Waals surface area contributed by atoms with Crippen molar-refractivity contribution in [1.82, 2.24) is 0 Å². The van der Waals surface area contributed by atoms with Crippen molar-refractivity contribution in [3.8, 4) is 5.75 Å². The Kier molecular flexibility index (Phi) is 6.08. The second-order valence-corrected chi connectivity index (χ2v) is 8.51. The first-order valence-corrected chi connectivity index (χ1v) is 10.1. The second kappa shape index (κ2) is 7.91. The monoisotopic (exact) mass is 374 g/mol. The summed E-state index contributed by atoms with van der Waals surface area (Å²) in [6, 6.07) is 11.8. The molecular weight excluding hydrogens is 348 g/mol. The fourth-order valence-electron chi connectivity index (χ4n) is 2.69. The number of nitrogens with one attached hydrogen (secondary N) is 1. The number of phenols is 1. The van der Waals surface area contributed by atoms with Gasteiger partial charge in [0.2, 0.25) is 0 Å². The van der Waals surface area contributed by atoms with Crippen LogP contribution in [0.5, 0.6) is 5.75 Å². The Hall–Kier alpha value is -2.34. The molecule has 26 heavy (non-hydrogen) atoms. The van der Waals surface area contributed by atoms with E-state index >= 15 is 0 Å². The minimum Gasteiger partial charge on any atom is -0.507 e. The maximum absolute atomic E-state index is 12.4. The molecule has 0 spiro atoms. The van der Waals surface area contributed by atoms with E-state index in [1.54, 1.807) is 25.1 Å². The Balaban J connectivity index is 2.38. The van der Waals surface area contributed by atoms with Crippen LogP contribution in [0.25, 0.3) is 0 Å². The molecule has 2 aromatic rings. The van der Waals surface area contributed by atoms with E-state index in [-0.39, 0.29) is 22.6 Å². The molecule has 0 amide bonds. The Morgan fingerprint density at radius 1 is 1.00 bits per heavy atom. The van der Waals surface area contributed by atoms with E-state index in [0.29, 0.717) is 11.4 Å². The molecule has 5 nitrogen and oxygen atoms in total. The normalized spacial score (nSPS) is 12.7. The predicted molar refractivity (Wildman–Crippen MR) is 107 cm³/mol. The summed E-state index contributed by atoms with van der Waals surface area (Å²) < 4.78 is 28.6. The highest BCUT2D eigenvalue weighted by Crippen LogP contribution is 2.36. The van der Waals surface area contributed by atoms with E-state index in [0.717, 1.165) is 11.1 Å². The molecule has 2 rings (SSSR count). The second-order valence-electron chi connectivity index (χ2n) is 6.90. The average Bonchev–Trinajstić information content (AvgIpc) is 2.56. The van der Waals surface area contributed by atoms with E-state index in [2.05, 4.69) is 9.71 Å². The van der Waals surface area contributed by atoms with Crippen LogP contribution in [0.2, 0.25) is 0 Å². The van der Waals surface area contributed by atoms with Crippen molar-refractivity contribution in [2.45, 2.75) is 51.3 Å². The molecule has 0 aliphatic heterocycles. The maximum Gasteiger partial charge on any atom is 0.283 e. The fraction of sp³-hybridized carbons (Fsp3) is 0.350. The van der Waals surface area contributed by atoms with Gasteiger partial charge in [0.1, 0.15) is 11.6 Å². The Morgan fingerprint density at radius 3 is 1.96 bits per heavy atom. The smallest absolute Gasteiger partial charge is 0.283 e. The van der Waals surface area contributed by atoms with Gasteiger partial charge in [-0.3, -0.25) is 0 Å². The van der Waals surface area contributed by atoms with Crippen LogP contribution in [0.1, 0.15) is 57.6 Å². The van der Waals surface area contributed by atoms with Gasteiger partial charge in [0.05, 0.1) is 4.90 Å². The van der Waals surface area contributed by atoms with Crippen LogP contribution >= 0.6 is 0 Å². The summed E-state index contributed by atoms with van der Waals surface area (Å²) in [6.45, 7) is 9.62. The summed E-state index contributed by atoms with van der Waals surface area (Å²) in [4.78, 5) is 0.151. The van der Waals surface area contributed by atoms with E-state index in [4.69, 9.17) is 0 Å². The first-order valence-electron chi connectivity index (χ1n) is 8.62. The molecule has 0 aliphatic rings. The molecule has 0 radical (unpaired) electrons. The lowest BCUT2D eigenvalue weighted by Crippen LogP contribution is -2.12. The molecule has 0 bridgehead atoms. The van der Waals surface area contributed by atoms with Crippen LogP contribution in [0.4, 0.5) is 5.69 Å². The zero-order valence-electron chi connectivity index (χ0n) is 15.8. The summed E-state index contributed by atoms with van der Waals surface area (Å²) in [5, 5.41) is 13.5. The number of hydrogen-bond donors (Lipinski definition) is 2. The topological polar surface area (TPSA) is 78.8 Å². The summed E-state index contributed by atoms with van der Waals surface area (Å²) in [5.74, 6) is 0.843. The van der Waals surface area contributed by atoms with Crippen LogP contribution in [-0.4, -0.2) is 19.4 Å². The third-order valence-electron chi connectivity index (χ3n) is 4.04. The number of aromatic hydroxyl groups is 1. The van der Waals surface area contributed by atoms with Gasteiger partial charge in [-0.2, -0.15) is 8.42 Å². The largest absolute Gasteiger partial charge is 0.507 e. The van der Waals surface area contributed by atoms with Crippen LogP contribution in [0.15, 0.2) is 51.8 Å². The lowest BCUT2D eigenvalue weighted by atomic mass is 9.93. The molecule has 0 saturated carbocycles. The molecule has 2 N–H and O–H groups in total. The summed E-state index contributed by atoms with van der Waals surface area (Å²) in [6.07, 6.45) is 0. The third kappa shape index (κ3) is 4.64. The maximum atomic E-state index is 12.4. The van der Waals surface area contributed by atoms with Crippen LogP contribution in [0.3, 0.4) is 0 Å². The number of anilines is 1. The molecule has 0 heterocycles. The minimum atomic E-state index is -3.76. The van der Waals surface area contributed by atoms with Crippen molar-refractivity contribution >= 4 is 21.5 Å². The Morgan fingerprint density at radius 2 is 1.50 bits per heavy atom. The number of sulfonamides is 1. The van der Waals surface area contributed by atoms with Crippen molar-refractivity contribution in [2.24, 2.45) is 4.40 Å². The molecule has 0 unspecified atom stereocenters. The highest BCUT2D eigenvalue weighted by atomic mass is 32.2. The van der Waals surface area contributed by atoms with E-state index in [1.165, 1.54) is 12.1 Å². The van der Waals surface area contributed by atoms with Gasteiger partial charge in [-0.1, -0.05) is 45.9 Å². The molecule has 0 fully saturated rings. The van der Waals surface area contributed by atoms with Crippen molar-refractivity contribution in [3.63, 3.8) is 0 Å². The number of hydrogen-bond acceptors (Lipinski definition) is 3. The first-order chi connectivity index (χ1) is 12.1. The van der Waals surface area contributed by atoms with Gasteiger partial charge < -0.3 is 10.4 Å². The lowest BCUT2D eigenvalue weighted by molar-refractivity contribution is 0.454. The summed E-state index contributed by atoms with van der Waals surface area (Å²) >= 11 is 0. The Labute approximate surface area is 155 Å². The van der Waals surface area contributed by atoms with Gasteiger partial charge in [0.25, 0.3) is 10.0 Å². The van der Waals surface area contributed by atoms with Gasteiger partial charge in [-0.25, -0.2) is 0 Å². The van der Waals surface area contributed by atoms with E-state index in [9.17, 15) is 13.5 Å². The molecule has 2 aromatic carbocycles. The molecule has 6 heteroatoms. The zero-order valence-corrected chi connectivity index (χ0v) is 16.6. The van der Waals surface area contributed by atoms with E-state index < -0.39 is 10.0 Å². The summed E-state index contributed by atoms with van der Waals surface area (Å²) in [7, 11) is -3.76. The predicted octanol–water partition coefficient (Wildman–Crippen LogP) is 4.86. The van der Waals surface area contributed by atoms with Crippen molar-refractivity contribution in [3.05, 3.63) is 53.6 Å². The number of rotatable bonds is 5. The molecule has 0 aromatic heterocycles. The quantitative estimate of drug-likeness (QED) is 0.445. The van der Waals surface area contributed by atoms with Crippen molar-refractivity contribution in [1.29, 1.82) is 0 Å². The molecule has 140 valence electrons. The van der Waals surface area contributed by atoms with Crippen molar-refractivity contribution in [2.75, 3.05) is 5.32 Å². The number of phenolic OH excluding ortho intramolecular Hbond substituents is 1. The van der Waals surface area contributed by atoms with Crippen LogP contribution < -0.4 is 5.32 Å². The molecule has 0 atom stereocenters. The zero-order chi connectivity index (χ0) is 19.5. The average molecular weight is 375 g/mol. The van der Waals surface area contributed by atoms with Gasteiger partial charge >= 0.3 is 0 Å². The van der Waals surface area contributed by atoms with Crippen molar-refractivity contribution < 1.29 is 13.5 Å². The third-order valence-corrected chi connectivity index (χ3v) is 5.42. The highest BCUT2D eigenvalue weighted by molar-refractivity contribution is 7.90. The first kappa shape index (κ1) is 20.0. The van der Waals surface area contributed by atoms with Gasteiger partial charge in [0, 0.05) is 5.69 Å².